The summed E-state index contributed by atoms with van der Waals surface area (Å²) in [6.07, 6.45) is 28.2. The fourth-order valence-corrected chi connectivity index (χ4v) is 9.78. The lowest BCUT2D eigenvalue weighted by molar-refractivity contribution is -0.140. The van der Waals surface area contributed by atoms with Gasteiger partial charge in [0.2, 0.25) is 17.7 Å². The van der Waals surface area contributed by atoms with E-state index >= 15 is 0 Å². The van der Waals surface area contributed by atoms with Gasteiger partial charge in [0.15, 0.2) is 0 Å². The molecule has 498 valence electrons. The number of methoxy groups -OCH3 is 1. The average Bonchev–Trinajstić information content (AvgIpc) is 4.52. The number of nitrogens with zero attached hydrogens (tertiary/aromatic N) is 3. The van der Waals surface area contributed by atoms with E-state index < -0.39 is 5.97 Å². The minimum atomic E-state index is -0.820. The largest absolute Gasteiger partial charge is 0.481 e. The number of hydrogen-bond acceptors (Lipinski definition) is 12. The van der Waals surface area contributed by atoms with Crippen LogP contribution in [0, 0.1) is 0 Å². The SMILES string of the molecule is C1CC1.C1CC1.C1CC1.C=C(CCC(=O)O)c1cccc(CC(NC)C(=O)N2CCCCC2)c1.C=C(CCC(=O)OC)c1cccc(CC(NC)C(=O)N2CCCCC2)c1.C=C(CCC(C)=O)c1cccc(CC(NC)C(=O)N2CCCCC2)c1.CC.N.N. The van der Waals surface area contributed by atoms with Crippen LogP contribution in [-0.2, 0) is 52.8 Å². The minimum Gasteiger partial charge on any atom is -0.481 e. The number of piperidine rings is 3. The Kier molecular flexibility index (Phi) is 43.2. The number of rotatable bonds is 24. The number of likely N-dealkylation sites (N-methyl/N-ethyl adjacent to an activating group) is 3. The van der Waals surface area contributed by atoms with Crippen LogP contribution < -0.4 is 28.3 Å². The monoisotopic (exact) mass is 1230 g/mol. The third kappa shape index (κ3) is 35.0. The predicted molar refractivity (Wildman–Crippen MR) is 368 cm³/mol. The highest BCUT2D eigenvalue weighted by Crippen LogP contribution is 2.25. The molecule has 3 aliphatic carbocycles. The molecule has 3 aromatic carbocycles. The van der Waals surface area contributed by atoms with E-state index in [1.54, 1.807) is 6.92 Å². The van der Waals surface area contributed by atoms with Gasteiger partial charge >= 0.3 is 11.9 Å². The molecule has 16 heteroatoms. The molecule has 89 heavy (non-hydrogen) atoms. The van der Waals surface area contributed by atoms with E-state index in [0.29, 0.717) is 51.4 Å². The quantitative estimate of drug-likeness (QED) is 0.0457. The van der Waals surface area contributed by atoms with Crippen molar-refractivity contribution in [3.63, 3.8) is 0 Å². The number of likely N-dealkylation sites (tertiary alicyclic amines) is 3. The normalized spacial score (nSPS) is 15.8. The number of ketones is 1. The number of carboxylic acid groups (broad SMARTS) is 1. The third-order valence-corrected chi connectivity index (χ3v) is 15.6. The summed E-state index contributed by atoms with van der Waals surface area (Å²) in [5.74, 6) is -0.327. The molecule has 3 unspecified atom stereocenters. The van der Waals surface area contributed by atoms with Gasteiger partial charge in [0.25, 0.3) is 0 Å². The molecule has 3 aromatic rings. The van der Waals surface area contributed by atoms with Crippen molar-refractivity contribution in [1.82, 2.24) is 43.0 Å². The number of benzene rings is 3. The van der Waals surface area contributed by atoms with Gasteiger partial charge in [0.05, 0.1) is 25.2 Å². The molecular formula is C73H118N8O8. The lowest BCUT2D eigenvalue weighted by Crippen LogP contribution is -2.48. The minimum absolute atomic E-state index is 0. The van der Waals surface area contributed by atoms with E-state index in [4.69, 9.17) is 5.11 Å². The van der Waals surface area contributed by atoms with Gasteiger partial charge in [-0.1, -0.05) is 164 Å². The predicted octanol–water partition coefficient (Wildman–Crippen LogP) is 13.6. The lowest BCUT2D eigenvalue weighted by Gasteiger charge is -2.30. The molecule has 10 N–H and O–H groups in total. The van der Waals surface area contributed by atoms with E-state index in [1.165, 1.54) is 84.2 Å². The number of ether oxygens (including phenoxy) is 1. The molecule has 3 aliphatic heterocycles. The van der Waals surface area contributed by atoms with Crippen LogP contribution in [0.5, 0.6) is 0 Å². The first-order valence-electron chi connectivity index (χ1n) is 33.0. The summed E-state index contributed by atoms with van der Waals surface area (Å²) < 4.78 is 4.68. The van der Waals surface area contributed by atoms with Crippen molar-refractivity contribution in [3.8, 4) is 0 Å². The molecule has 3 saturated heterocycles. The standard InChI is InChI=1S/C21H30N2O3.C21H30N2O2.C20H28N2O3.3C3H6.C2H6.2H3N/c1-16(10-11-20(24)26-3)18-9-7-8-17(14-18)15-19(22-2)21(25)23-12-5-4-6-13-23;1-16(10-11-17(2)24)19-9-7-8-18(14-19)15-20(22-3)21(25)23-12-5-4-6-13-23;1-15(9-10-19(23)24)17-8-6-7-16(13-17)14-18(21-2)20(25)22-11-4-3-5-12-22;3*1-2-3-1;1-2;;/h7-9,14,19,22H,1,4-6,10-13,15H2,2-3H3;7-9,14,20,22H,1,4-6,10-13,15H2,2-3H3;6-8,13,18,21H,1,3-5,9-12,14H2,2H3,(H,23,24);3*1-3H2;1-2H3;2*1H3. The van der Waals surface area contributed by atoms with Crippen molar-refractivity contribution in [3.05, 3.63) is 126 Å². The first-order valence-corrected chi connectivity index (χ1v) is 33.0. The summed E-state index contributed by atoms with van der Waals surface area (Å²) in [5.41, 5.74) is 8.95. The molecular weight excluding hydrogens is 1120 g/mol. The van der Waals surface area contributed by atoms with Crippen molar-refractivity contribution in [1.29, 1.82) is 0 Å². The molecule has 6 fully saturated rings. The van der Waals surface area contributed by atoms with Crippen LogP contribution >= 0.6 is 0 Å². The fraction of sp³-hybridized carbons (Fsp3) is 0.589. The highest BCUT2D eigenvalue weighted by Gasteiger charge is 2.27. The van der Waals surface area contributed by atoms with Crippen LogP contribution in [0.1, 0.15) is 208 Å². The number of carbonyl (C=O) groups is 6. The van der Waals surface area contributed by atoms with Gasteiger partial charge in [-0.25, -0.2) is 0 Å². The zero-order valence-corrected chi connectivity index (χ0v) is 56.2. The molecule has 0 aromatic heterocycles. The number of allylic oxidation sites excluding steroid dienone is 3. The van der Waals surface area contributed by atoms with Crippen molar-refractivity contribution < 1.29 is 38.6 Å². The Morgan fingerprint density at radius 3 is 0.933 bits per heavy atom. The van der Waals surface area contributed by atoms with E-state index in [-0.39, 0.29) is 66.3 Å². The van der Waals surface area contributed by atoms with Gasteiger partial charge < -0.3 is 57.6 Å². The number of amides is 3. The maximum absolute atomic E-state index is 12.8. The summed E-state index contributed by atoms with van der Waals surface area (Å²) in [7, 11) is 6.90. The number of carbonyl (C=O) groups excluding carboxylic acids is 5. The fourth-order valence-electron chi connectivity index (χ4n) is 9.78. The van der Waals surface area contributed by atoms with Gasteiger partial charge in [-0.3, -0.25) is 24.0 Å². The summed E-state index contributed by atoms with van der Waals surface area (Å²) in [6.45, 7) is 23.0. The highest BCUT2D eigenvalue weighted by molar-refractivity contribution is 5.84. The van der Waals surface area contributed by atoms with Crippen LogP contribution in [0.3, 0.4) is 0 Å². The van der Waals surface area contributed by atoms with Crippen LogP contribution in [0.15, 0.2) is 92.5 Å². The Labute approximate surface area is 537 Å². The van der Waals surface area contributed by atoms with Crippen LogP contribution in [0.25, 0.3) is 16.7 Å². The molecule has 3 heterocycles. The topological polar surface area (TPSA) is 248 Å². The number of aliphatic carboxylic acids is 1. The average molecular weight is 1240 g/mol. The third-order valence-electron chi connectivity index (χ3n) is 15.6. The molecule has 9 rings (SSSR count). The van der Waals surface area contributed by atoms with Gasteiger partial charge in [0, 0.05) is 58.5 Å². The van der Waals surface area contributed by atoms with Crippen molar-refractivity contribution in [2.45, 2.75) is 212 Å². The maximum atomic E-state index is 12.8. The van der Waals surface area contributed by atoms with E-state index in [2.05, 4.69) is 58.6 Å². The number of carboxylic acids is 1. The Bertz CT molecular complexity index is 2430. The van der Waals surface area contributed by atoms with Crippen LogP contribution in [0.2, 0.25) is 0 Å². The Morgan fingerprint density at radius 1 is 0.438 bits per heavy atom. The Hall–Kier alpha value is -6.30. The molecule has 0 radical (unpaired) electrons. The summed E-state index contributed by atoms with van der Waals surface area (Å²) >= 11 is 0. The first-order chi connectivity index (χ1) is 42.1. The maximum Gasteiger partial charge on any atom is 0.305 e. The van der Waals surface area contributed by atoms with Gasteiger partial charge in [-0.05, 0) is 174 Å². The van der Waals surface area contributed by atoms with Crippen molar-refractivity contribution >= 4 is 52.2 Å². The van der Waals surface area contributed by atoms with Gasteiger partial charge in [0.1, 0.15) is 5.78 Å². The van der Waals surface area contributed by atoms with Crippen molar-refractivity contribution in [2.24, 2.45) is 0 Å². The number of nitrogens with one attached hydrogen (secondary N) is 3. The zero-order valence-electron chi connectivity index (χ0n) is 56.2. The molecule has 3 atom stereocenters. The van der Waals surface area contributed by atoms with E-state index in [1.807, 2.05) is 104 Å². The smallest absolute Gasteiger partial charge is 0.305 e. The van der Waals surface area contributed by atoms with Gasteiger partial charge in [-0.2, -0.15) is 0 Å². The number of Topliss-reactive ketones (excluding diaryl/α,β-unsaturated/α-hetero) is 1. The van der Waals surface area contributed by atoms with Crippen molar-refractivity contribution in [2.75, 3.05) is 67.5 Å². The zero-order chi connectivity index (χ0) is 63.8. The molecule has 0 spiro atoms. The van der Waals surface area contributed by atoms with Crippen LogP contribution in [0.4, 0.5) is 0 Å². The molecule has 3 saturated carbocycles. The molecule has 16 nitrogen and oxygen atoms in total. The number of esters is 1. The Morgan fingerprint density at radius 2 is 0.697 bits per heavy atom. The Balaban J connectivity index is 0.000000604. The lowest BCUT2D eigenvalue weighted by atomic mass is 9.97. The summed E-state index contributed by atoms with van der Waals surface area (Å²) in [6, 6.07) is 23.5. The molecule has 6 aliphatic rings. The first kappa shape index (κ1) is 80.7. The van der Waals surface area contributed by atoms with Gasteiger partial charge in [-0.15, -0.1) is 0 Å². The highest BCUT2D eigenvalue weighted by atomic mass is 16.5. The second-order valence-corrected chi connectivity index (χ2v) is 23.6. The second-order valence-electron chi connectivity index (χ2n) is 23.6. The molecule has 0 bridgehead atoms. The van der Waals surface area contributed by atoms with E-state index in [9.17, 15) is 28.8 Å². The second kappa shape index (κ2) is 47.6. The molecule has 3 amide bonds. The summed E-state index contributed by atoms with van der Waals surface area (Å²) in [4.78, 5) is 77.3. The summed E-state index contributed by atoms with van der Waals surface area (Å²) in [5, 5.41) is 18.3. The van der Waals surface area contributed by atoms with E-state index in [0.717, 1.165) is 128 Å². The number of hydrogen-bond donors (Lipinski definition) is 6. The van der Waals surface area contributed by atoms with Crippen LogP contribution in [-0.4, -0.2) is 141 Å².